The first-order valence-electron chi connectivity index (χ1n) is 10.3. The van der Waals surface area contributed by atoms with Crippen molar-refractivity contribution in [1.29, 1.82) is 0 Å². The van der Waals surface area contributed by atoms with Crippen LogP contribution in [-0.4, -0.2) is 20.6 Å². The van der Waals surface area contributed by atoms with Crippen LogP contribution in [0.3, 0.4) is 0 Å². The number of aromatic nitrogens is 2. The molecule has 0 aliphatic carbocycles. The van der Waals surface area contributed by atoms with Crippen molar-refractivity contribution in [3.05, 3.63) is 115 Å². The van der Waals surface area contributed by atoms with Gasteiger partial charge in [-0.05, 0) is 53.6 Å². The average Bonchev–Trinajstić information content (AvgIpc) is 3.22. The van der Waals surface area contributed by atoms with E-state index in [0.717, 1.165) is 34.3 Å². The summed E-state index contributed by atoms with van der Waals surface area (Å²) in [6.07, 6.45) is 5.50. The van der Waals surface area contributed by atoms with Gasteiger partial charge in [0, 0.05) is 47.3 Å². The Bertz CT molecular complexity index is 1390. The number of hydrogen-bond acceptors (Lipinski definition) is 3. The number of pyridine rings is 1. The molecular weight excluding hydrogens is 398 g/mol. The maximum absolute atomic E-state index is 11.9. The van der Waals surface area contributed by atoms with E-state index in [4.69, 9.17) is 0 Å². The van der Waals surface area contributed by atoms with Crippen molar-refractivity contribution < 1.29 is 9.90 Å². The van der Waals surface area contributed by atoms with Crippen LogP contribution in [0, 0.1) is 0 Å². The fourth-order valence-corrected chi connectivity index (χ4v) is 3.89. The minimum Gasteiger partial charge on any atom is -0.478 e. The predicted octanol–water partition coefficient (Wildman–Crippen LogP) is 6.19. The second-order valence-electron chi connectivity index (χ2n) is 7.64. The number of carboxylic acids is 1. The van der Waals surface area contributed by atoms with Gasteiger partial charge in [0.15, 0.2) is 0 Å². The van der Waals surface area contributed by atoms with Crippen LogP contribution >= 0.6 is 0 Å². The minimum atomic E-state index is -0.978. The third-order valence-electron chi connectivity index (χ3n) is 5.49. The molecule has 2 heterocycles. The van der Waals surface area contributed by atoms with E-state index in [0.29, 0.717) is 5.69 Å². The topological polar surface area (TPSA) is 67.2 Å². The number of nitrogens with zero attached hydrogens (tertiary/aromatic N) is 2. The fraction of sp³-hybridized carbons (Fsp3) is 0.0370. The Morgan fingerprint density at radius 2 is 1.78 bits per heavy atom. The van der Waals surface area contributed by atoms with Crippen LogP contribution in [0.1, 0.15) is 15.9 Å². The molecule has 0 fully saturated rings. The van der Waals surface area contributed by atoms with Crippen LogP contribution < -0.4 is 5.32 Å². The molecule has 0 amide bonds. The van der Waals surface area contributed by atoms with E-state index in [9.17, 15) is 9.90 Å². The van der Waals surface area contributed by atoms with E-state index < -0.39 is 5.97 Å². The summed E-state index contributed by atoms with van der Waals surface area (Å²) in [6.45, 7) is 0.802. The number of nitrogens with one attached hydrogen (secondary N) is 1. The molecule has 0 saturated heterocycles. The summed E-state index contributed by atoms with van der Waals surface area (Å²) in [6, 6.07) is 27.6. The number of fused-ring (bicyclic) bond motifs is 1. The van der Waals surface area contributed by atoms with Crippen molar-refractivity contribution in [3.8, 4) is 11.1 Å². The lowest BCUT2D eigenvalue weighted by Gasteiger charge is -2.12. The molecule has 2 aromatic heterocycles. The van der Waals surface area contributed by atoms with Gasteiger partial charge >= 0.3 is 5.97 Å². The highest BCUT2D eigenvalue weighted by Gasteiger charge is 2.13. The van der Waals surface area contributed by atoms with Crippen molar-refractivity contribution in [3.63, 3.8) is 0 Å². The molecule has 32 heavy (non-hydrogen) atoms. The zero-order valence-electron chi connectivity index (χ0n) is 17.3. The van der Waals surface area contributed by atoms with E-state index in [2.05, 4.69) is 45.3 Å². The molecule has 5 nitrogen and oxygen atoms in total. The lowest BCUT2D eigenvalue weighted by atomic mass is 10.0. The normalized spacial score (nSPS) is 10.9. The Kier molecular flexibility index (Phi) is 5.14. The van der Waals surface area contributed by atoms with Gasteiger partial charge in [-0.1, -0.05) is 42.5 Å². The zero-order chi connectivity index (χ0) is 21.9. The third-order valence-corrected chi connectivity index (χ3v) is 5.49. The van der Waals surface area contributed by atoms with Crippen LogP contribution in [0.4, 0.5) is 11.4 Å². The molecule has 3 aromatic carbocycles. The third kappa shape index (κ3) is 3.96. The minimum absolute atomic E-state index is 0.216. The molecule has 0 unspecified atom stereocenters. The Balaban J connectivity index is 1.43. The maximum atomic E-state index is 11.9. The van der Waals surface area contributed by atoms with Gasteiger partial charge in [-0.2, -0.15) is 0 Å². The Hall–Kier alpha value is -4.38. The van der Waals surface area contributed by atoms with E-state index in [1.807, 2.05) is 48.5 Å². The van der Waals surface area contributed by atoms with E-state index >= 15 is 0 Å². The van der Waals surface area contributed by atoms with Gasteiger partial charge in [-0.3, -0.25) is 4.98 Å². The fourth-order valence-electron chi connectivity index (χ4n) is 3.89. The first-order valence-corrected chi connectivity index (χ1v) is 10.3. The molecular formula is C27H21N3O2. The molecule has 5 rings (SSSR count). The average molecular weight is 419 g/mol. The number of hydrogen-bond donors (Lipinski definition) is 2. The van der Waals surface area contributed by atoms with E-state index in [1.54, 1.807) is 24.5 Å². The number of anilines is 2. The SMILES string of the molecule is O=C(O)c1cc(-c2cccnc2)ccc1Nc1ccc2c(ccn2Cc2ccccc2)c1. The highest BCUT2D eigenvalue weighted by molar-refractivity contribution is 5.97. The number of rotatable bonds is 6. The molecule has 0 radical (unpaired) electrons. The molecule has 0 aliphatic heterocycles. The van der Waals surface area contributed by atoms with Gasteiger partial charge in [0.1, 0.15) is 0 Å². The zero-order valence-corrected chi connectivity index (χ0v) is 17.3. The van der Waals surface area contributed by atoms with Crippen LogP contribution in [0.2, 0.25) is 0 Å². The molecule has 0 bridgehead atoms. The lowest BCUT2D eigenvalue weighted by Crippen LogP contribution is -2.03. The van der Waals surface area contributed by atoms with Gasteiger partial charge in [0.05, 0.1) is 11.3 Å². The largest absolute Gasteiger partial charge is 0.478 e. The Morgan fingerprint density at radius 3 is 2.56 bits per heavy atom. The molecule has 0 aliphatic rings. The lowest BCUT2D eigenvalue weighted by molar-refractivity contribution is 0.0698. The van der Waals surface area contributed by atoms with Crippen LogP contribution in [0.25, 0.3) is 22.0 Å². The molecule has 0 atom stereocenters. The molecule has 0 saturated carbocycles. The summed E-state index contributed by atoms with van der Waals surface area (Å²) >= 11 is 0. The van der Waals surface area contributed by atoms with Crippen LogP contribution in [0.15, 0.2) is 104 Å². The second-order valence-corrected chi connectivity index (χ2v) is 7.64. The highest BCUT2D eigenvalue weighted by Crippen LogP contribution is 2.29. The van der Waals surface area contributed by atoms with Crippen molar-refractivity contribution in [2.24, 2.45) is 0 Å². The first-order chi connectivity index (χ1) is 15.7. The maximum Gasteiger partial charge on any atom is 0.337 e. The van der Waals surface area contributed by atoms with E-state index in [1.165, 1.54) is 5.56 Å². The van der Waals surface area contributed by atoms with Gasteiger partial charge in [-0.15, -0.1) is 0 Å². The van der Waals surface area contributed by atoms with Crippen molar-refractivity contribution >= 4 is 28.2 Å². The molecule has 5 aromatic rings. The van der Waals surface area contributed by atoms with Gasteiger partial charge in [-0.25, -0.2) is 4.79 Å². The summed E-state index contributed by atoms with van der Waals surface area (Å²) in [5, 5.41) is 14.1. The summed E-state index contributed by atoms with van der Waals surface area (Å²) in [5.74, 6) is -0.978. The summed E-state index contributed by atoms with van der Waals surface area (Å²) in [5.41, 5.74) is 5.67. The smallest absolute Gasteiger partial charge is 0.337 e. The quantitative estimate of drug-likeness (QED) is 0.344. The summed E-state index contributed by atoms with van der Waals surface area (Å²) in [7, 11) is 0. The van der Waals surface area contributed by atoms with Gasteiger partial charge < -0.3 is 15.0 Å². The number of aromatic carboxylic acids is 1. The Labute approximate surface area is 185 Å². The van der Waals surface area contributed by atoms with Gasteiger partial charge in [0.25, 0.3) is 0 Å². The summed E-state index contributed by atoms with van der Waals surface area (Å²) in [4.78, 5) is 16.0. The standard InChI is InChI=1S/C27H21N3O2/c31-27(32)24-16-20(22-7-4-13-28-17-22)8-10-25(24)29-23-9-11-26-21(15-23)12-14-30(26)18-19-5-2-1-3-6-19/h1-17,29H,18H2,(H,31,32). The molecule has 2 N–H and O–H groups in total. The predicted molar refractivity (Wildman–Crippen MR) is 127 cm³/mol. The van der Waals surface area contributed by atoms with E-state index in [-0.39, 0.29) is 5.56 Å². The van der Waals surface area contributed by atoms with Gasteiger partial charge in [0.2, 0.25) is 0 Å². The summed E-state index contributed by atoms with van der Waals surface area (Å²) < 4.78 is 2.21. The first kappa shape index (κ1) is 19.6. The second kappa shape index (κ2) is 8.40. The van der Waals surface area contributed by atoms with Crippen molar-refractivity contribution in [2.75, 3.05) is 5.32 Å². The van der Waals surface area contributed by atoms with Crippen molar-refractivity contribution in [2.45, 2.75) is 6.54 Å². The molecule has 156 valence electrons. The number of carboxylic acid groups (broad SMARTS) is 1. The van der Waals surface area contributed by atoms with Crippen molar-refractivity contribution in [1.82, 2.24) is 9.55 Å². The van der Waals surface area contributed by atoms with Crippen LogP contribution in [0.5, 0.6) is 0 Å². The molecule has 5 heteroatoms. The highest BCUT2D eigenvalue weighted by atomic mass is 16.4. The van der Waals surface area contributed by atoms with Crippen LogP contribution in [-0.2, 0) is 6.54 Å². The monoisotopic (exact) mass is 419 g/mol. The Morgan fingerprint density at radius 1 is 0.906 bits per heavy atom. The number of carbonyl (C=O) groups is 1. The number of benzene rings is 3. The molecule has 0 spiro atoms.